The zero-order valence-corrected chi connectivity index (χ0v) is 16.6. The van der Waals surface area contributed by atoms with Crippen molar-refractivity contribution in [3.05, 3.63) is 64.3 Å². The molecule has 0 saturated carbocycles. The number of hydrogen-bond acceptors (Lipinski definition) is 5. The van der Waals surface area contributed by atoms with Crippen molar-refractivity contribution in [3.8, 4) is 0 Å². The van der Waals surface area contributed by atoms with Crippen molar-refractivity contribution in [3.63, 3.8) is 0 Å². The largest absolute Gasteiger partial charge is 0.357 e. The van der Waals surface area contributed by atoms with Gasteiger partial charge in [-0.2, -0.15) is 0 Å². The van der Waals surface area contributed by atoms with Crippen LogP contribution in [0.25, 0.3) is 10.9 Å². The van der Waals surface area contributed by atoms with Crippen molar-refractivity contribution in [2.45, 2.75) is 39.3 Å². The van der Waals surface area contributed by atoms with E-state index in [1.165, 1.54) is 23.8 Å². The van der Waals surface area contributed by atoms with Crippen LogP contribution in [-0.2, 0) is 17.9 Å². The van der Waals surface area contributed by atoms with E-state index >= 15 is 0 Å². The number of nitrogens with one attached hydrogen (secondary N) is 1. The Morgan fingerprint density at radius 1 is 1.10 bits per heavy atom. The summed E-state index contributed by atoms with van der Waals surface area (Å²) < 4.78 is 1.41. The van der Waals surface area contributed by atoms with Crippen molar-refractivity contribution in [1.82, 2.24) is 19.9 Å². The summed E-state index contributed by atoms with van der Waals surface area (Å²) in [4.78, 5) is 36.4. The lowest BCUT2D eigenvalue weighted by Crippen LogP contribution is -2.33. The summed E-state index contributed by atoms with van der Waals surface area (Å²) in [6.45, 7) is 4.17. The van der Waals surface area contributed by atoms with E-state index < -0.39 is 0 Å². The van der Waals surface area contributed by atoms with Crippen LogP contribution in [0.2, 0.25) is 0 Å². The van der Waals surface area contributed by atoms with Gasteiger partial charge in [0.15, 0.2) is 0 Å². The normalized spacial score (nSPS) is 14.2. The van der Waals surface area contributed by atoms with E-state index in [0.717, 1.165) is 24.5 Å². The number of carbonyl (C=O) groups is 1. The highest BCUT2D eigenvalue weighted by atomic mass is 16.2. The average molecular weight is 391 g/mol. The smallest absolute Gasteiger partial charge is 0.261 e. The number of hydrogen-bond donors (Lipinski definition) is 1. The van der Waals surface area contributed by atoms with Crippen LogP contribution in [0.4, 0.5) is 5.82 Å². The Morgan fingerprint density at radius 3 is 2.66 bits per heavy atom. The summed E-state index contributed by atoms with van der Waals surface area (Å²) in [5.41, 5.74) is 1.38. The summed E-state index contributed by atoms with van der Waals surface area (Å²) >= 11 is 0. The maximum Gasteiger partial charge on any atom is 0.261 e. The van der Waals surface area contributed by atoms with Gasteiger partial charge in [0, 0.05) is 25.8 Å². The van der Waals surface area contributed by atoms with Gasteiger partial charge in [0.2, 0.25) is 5.91 Å². The Hall–Kier alpha value is -3.22. The van der Waals surface area contributed by atoms with Gasteiger partial charge in [-0.05, 0) is 49.9 Å². The molecule has 1 saturated heterocycles. The Morgan fingerprint density at radius 2 is 1.90 bits per heavy atom. The molecule has 4 rings (SSSR count). The molecule has 0 aliphatic carbocycles. The molecule has 0 radical (unpaired) electrons. The zero-order chi connectivity index (χ0) is 20.2. The SMILES string of the molecule is Cc1nc2ccccc2c(=O)n1CC(=O)NCc1ccc(N2CCCCC2)nc1. The standard InChI is InChI=1S/C22H25N5O2/c1-16-25-19-8-4-3-7-18(19)22(29)27(16)15-21(28)24-14-17-9-10-20(23-13-17)26-11-5-2-6-12-26/h3-4,7-10,13H,2,5-6,11-12,14-15H2,1H3,(H,24,28). The summed E-state index contributed by atoms with van der Waals surface area (Å²) in [6, 6.07) is 11.2. The molecule has 1 N–H and O–H groups in total. The van der Waals surface area contributed by atoms with Gasteiger partial charge >= 0.3 is 0 Å². The maximum absolute atomic E-state index is 12.7. The van der Waals surface area contributed by atoms with Gasteiger partial charge in [0.1, 0.15) is 18.2 Å². The third kappa shape index (κ3) is 4.29. The molecule has 3 aromatic rings. The Bertz CT molecular complexity index is 1070. The first-order valence-corrected chi connectivity index (χ1v) is 10.0. The van der Waals surface area contributed by atoms with Gasteiger partial charge in [0.25, 0.3) is 5.56 Å². The molecule has 7 heteroatoms. The Labute approximate surface area is 169 Å². The van der Waals surface area contributed by atoms with Crippen LogP contribution in [0.15, 0.2) is 47.4 Å². The number of fused-ring (bicyclic) bond motifs is 1. The molecule has 1 fully saturated rings. The average Bonchev–Trinajstić information content (AvgIpc) is 2.76. The van der Waals surface area contributed by atoms with Crippen molar-refractivity contribution in [2.24, 2.45) is 0 Å². The second-order valence-corrected chi connectivity index (χ2v) is 7.42. The lowest BCUT2D eigenvalue weighted by molar-refractivity contribution is -0.121. The second-order valence-electron chi connectivity index (χ2n) is 7.42. The van der Waals surface area contributed by atoms with E-state index in [9.17, 15) is 9.59 Å². The lowest BCUT2D eigenvalue weighted by Gasteiger charge is -2.27. The summed E-state index contributed by atoms with van der Waals surface area (Å²) in [6.07, 6.45) is 5.51. The summed E-state index contributed by atoms with van der Waals surface area (Å²) in [5, 5.41) is 3.39. The molecule has 0 spiro atoms. The van der Waals surface area contributed by atoms with E-state index in [1.54, 1.807) is 31.3 Å². The van der Waals surface area contributed by atoms with Crippen LogP contribution in [0, 0.1) is 6.92 Å². The number of anilines is 1. The molecule has 7 nitrogen and oxygen atoms in total. The minimum absolute atomic E-state index is 0.0538. The van der Waals surface area contributed by atoms with E-state index in [1.807, 2.05) is 18.2 Å². The monoisotopic (exact) mass is 391 g/mol. The zero-order valence-electron chi connectivity index (χ0n) is 16.6. The minimum atomic E-state index is -0.229. The number of carbonyl (C=O) groups excluding carboxylic acids is 1. The van der Waals surface area contributed by atoms with Gasteiger partial charge in [-0.15, -0.1) is 0 Å². The first-order valence-electron chi connectivity index (χ1n) is 10.0. The number of rotatable bonds is 5. The summed E-state index contributed by atoms with van der Waals surface area (Å²) in [7, 11) is 0. The molecule has 29 heavy (non-hydrogen) atoms. The van der Waals surface area contributed by atoms with Crippen molar-refractivity contribution in [2.75, 3.05) is 18.0 Å². The topological polar surface area (TPSA) is 80.1 Å². The molecule has 1 aliphatic rings. The molecule has 1 aliphatic heterocycles. The number of para-hydroxylation sites is 1. The highest BCUT2D eigenvalue weighted by Crippen LogP contribution is 2.17. The number of aryl methyl sites for hydroxylation is 1. The predicted octanol–water partition coefficient (Wildman–Crippen LogP) is 2.41. The van der Waals surface area contributed by atoms with Gasteiger partial charge < -0.3 is 10.2 Å². The number of aromatic nitrogens is 3. The fourth-order valence-electron chi connectivity index (χ4n) is 3.70. The first-order chi connectivity index (χ1) is 14.1. The summed E-state index contributed by atoms with van der Waals surface area (Å²) in [5.74, 6) is 1.29. The quantitative estimate of drug-likeness (QED) is 0.722. The molecule has 1 amide bonds. The molecule has 0 atom stereocenters. The number of amides is 1. The highest BCUT2D eigenvalue weighted by Gasteiger charge is 2.13. The third-order valence-electron chi connectivity index (χ3n) is 5.33. The molecule has 0 unspecified atom stereocenters. The van der Waals surface area contributed by atoms with Crippen LogP contribution in [0.1, 0.15) is 30.7 Å². The maximum atomic E-state index is 12.7. The van der Waals surface area contributed by atoms with Crippen molar-refractivity contribution >= 4 is 22.6 Å². The molecule has 3 heterocycles. The predicted molar refractivity (Wildman–Crippen MR) is 113 cm³/mol. The van der Waals surface area contributed by atoms with E-state index in [-0.39, 0.29) is 18.0 Å². The van der Waals surface area contributed by atoms with Gasteiger partial charge in [-0.3, -0.25) is 14.2 Å². The fourth-order valence-corrected chi connectivity index (χ4v) is 3.70. The number of pyridine rings is 1. The van der Waals surface area contributed by atoms with Crippen LogP contribution in [0.3, 0.4) is 0 Å². The Kier molecular flexibility index (Phi) is 5.55. The molecular weight excluding hydrogens is 366 g/mol. The minimum Gasteiger partial charge on any atom is -0.357 e. The van der Waals surface area contributed by atoms with Crippen LogP contribution >= 0.6 is 0 Å². The fraction of sp³-hybridized carbons (Fsp3) is 0.364. The number of benzene rings is 1. The number of nitrogens with zero attached hydrogens (tertiary/aromatic N) is 4. The first kappa shape index (κ1) is 19.1. The van der Waals surface area contributed by atoms with Gasteiger partial charge in [-0.1, -0.05) is 18.2 Å². The Balaban J connectivity index is 1.39. The number of piperidine rings is 1. The highest BCUT2D eigenvalue weighted by molar-refractivity contribution is 5.79. The van der Waals surface area contributed by atoms with Crippen molar-refractivity contribution in [1.29, 1.82) is 0 Å². The molecule has 0 bridgehead atoms. The second kappa shape index (κ2) is 8.43. The van der Waals surface area contributed by atoms with Crippen molar-refractivity contribution < 1.29 is 4.79 Å². The van der Waals surface area contributed by atoms with Crippen LogP contribution in [0.5, 0.6) is 0 Å². The molecule has 2 aromatic heterocycles. The molecular formula is C22H25N5O2. The van der Waals surface area contributed by atoms with E-state index in [0.29, 0.717) is 23.3 Å². The van der Waals surface area contributed by atoms with E-state index in [4.69, 9.17) is 0 Å². The van der Waals surface area contributed by atoms with Gasteiger partial charge in [0.05, 0.1) is 10.9 Å². The van der Waals surface area contributed by atoms with Crippen LogP contribution in [-0.4, -0.2) is 33.5 Å². The van der Waals surface area contributed by atoms with E-state index in [2.05, 4.69) is 20.2 Å². The molecule has 1 aromatic carbocycles. The van der Waals surface area contributed by atoms with Gasteiger partial charge in [-0.25, -0.2) is 9.97 Å². The lowest BCUT2D eigenvalue weighted by atomic mass is 10.1. The third-order valence-corrected chi connectivity index (χ3v) is 5.33. The molecule has 150 valence electrons. The van der Waals surface area contributed by atoms with Crippen LogP contribution < -0.4 is 15.8 Å².